The molecule has 1 fully saturated rings. The van der Waals surface area contributed by atoms with E-state index in [2.05, 4.69) is 38.5 Å². The van der Waals surface area contributed by atoms with Gasteiger partial charge in [0, 0.05) is 49.6 Å². The van der Waals surface area contributed by atoms with Gasteiger partial charge in [-0.15, -0.1) is 11.3 Å². The summed E-state index contributed by atoms with van der Waals surface area (Å²) in [5.41, 5.74) is 12.5. The van der Waals surface area contributed by atoms with Crippen molar-refractivity contribution in [1.82, 2.24) is 36.1 Å². The zero-order chi connectivity index (χ0) is 54.7. The minimum Gasteiger partial charge on any atom is -0.469 e. The molecule has 10 atom stereocenters. The third kappa shape index (κ3) is 19.3. The van der Waals surface area contributed by atoms with E-state index in [-0.39, 0.29) is 73.5 Å². The second-order valence-corrected chi connectivity index (χ2v) is 21.2. The van der Waals surface area contributed by atoms with Crippen molar-refractivity contribution in [3.05, 3.63) is 45.9 Å². The monoisotopic (exact) mass is 1040 g/mol. The largest absolute Gasteiger partial charge is 0.469 e. The minimum absolute atomic E-state index is 0.0680. The quantitative estimate of drug-likeness (QED) is 0.0451. The molecule has 21 heteroatoms. The van der Waals surface area contributed by atoms with E-state index in [9.17, 15) is 38.4 Å². The van der Waals surface area contributed by atoms with Crippen LogP contribution in [-0.2, 0) is 44.7 Å². The van der Waals surface area contributed by atoms with E-state index >= 15 is 0 Å². The van der Waals surface area contributed by atoms with Crippen molar-refractivity contribution < 1.29 is 47.8 Å². The molecule has 1 aromatic carbocycles. The Balaban J connectivity index is 1.84. The molecule has 1 aliphatic rings. The summed E-state index contributed by atoms with van der Waals surface area (Å²) in [5.74, 6) is -3.54. The number of esters is 2. The summed E-state index contributed by atoms with van der Waals surface area (Å²) in [6.45, 7) is 19.9. The maximum absolute atomic E-state index is 14.6. The Hall–Kier alpha value is -5.67. The average Bonchev–Trinajstić information content (AvgIpc) is 3.84. The number of nitrogens with zero attached hydrogens (tertiary/aromatic N) is 3. The van der Waals surface area contributed by atoms with Gasteiger partial charge in [-0.25, -0.2) is 9.78 Å². The second kappa shape index (κ2) is 29.9. The molecule has 1 aliphatic heterocycles. The number of benzene rings is 1. The van der Waals surface area contributed by atoms with Crippen LogP contribution in [0.5, 0.6) is 0 Å². The zero-order valence-electron chi connectivity index (χ0n) is 45.1. The van der Waals surface area contributed by atoms with Gasteiger partial charge in [0.2, 0.25) is 23.6 Å². The fourth-order valence-corrected chi connectivity index (χ4v) is 9.76. The molecule has 3 rings (SSSR count). The van der Waals surface area contributed by atoms with E-state index in [1.54, 1.807) is 55.3 Å². The SMILES string of the molecule is CC[C@H](C)[C@H](NC(=O)[C@H]1C[C@H](C)CCN1C)C(=O)N(CC)[C@H](C[C@@H](OC(C)=O)c1nc(C(=O)N[C@@H](Cc2ccc(NC(=O)[C@H](CCCNC(N)=O)NC(=O)[C@@H](N)C(C)C)cc2)C[C@H](C)C(=O)OC)cs1)C(C)C. The number of nitrogens with one attached hydrogen (secondary N) is 5. The number of ether oxygens (including phenoxy) is 2. The molecule has 73 heavy (non-hydrogen) atoms. The number of piperidine rings is 1. The van der Waals surface area contributed by atoms with E-state index in [1.807, 2.05) is 46.6 Å². The molecule has 0 spiro atoms. The lowest BCUT2D eigenvalue weighted by Crippen LogP contribution is -2.59. The molecule has 2 aromatic rings. The number of amides is 7. The third-order valence-electron chi connectivity index (χ3n) is 13.7. The number of hydrogen-bond acceptors (Lipinski definition) is 14. The lowest BCUT2D eigenvalue weighted by molar-refractivity contribution is -0.150. The molecule has 0 radical (unpaired) electrons. The number of likely N-dealkylation sites (tertiary alicyclic amines) is 1. The minimum atomic E-state index is -0.959. The molecule has 408 valence electrons. The maximum atomic E-state index is 14.6. The van der Waals surface area contributed by atoms with E-state index in [1.165, 1.54) is 14.0 Å². The number of rotatable bonds is 28. The van der Waals surface area contributed by atoms with Gasteiger partial charge in [0.25, 0.3) is 5.91 Å². The molecule has 0 saturated carbocycles. The molecule has 0 bridgehead atoms. The number of likely N-dealkylation sites (N-methyl/N-ethyl adjacent to an activating group) is 2. The van der Waals surface area contributed by atoms with Gasteiger partial charge >= 0.3 is 18.0 Å². The first kappa shape index (κ1) is 61.6. The zero-order valence-corrected chi connectivity index (χ0v) is 45.9. The number of thiazole rings is 1. The third-order valence-corrected chi connectivity index (χ3v) is 14.6. The Morgan fingerprint density at radius 1 is 0.932 bits per heavy atom. The van der Waals surface area contributed by atoms with Gasteiger partial charge in [-0.3, -0.25) is 38.5 Å². The summed E-state index contributed by atoms with van der Waals surface area (Å²) < 4.78 is 10.9. The molecular formula is C52H84N10O10S. The summed E-state index contributed by atoms with van der Waals surface area (Å²) in [5, 5.41) is 16.1. The van der Waals surface area contributed by atoms with Crippen molar-refractivity contribution in [3.63, 3.8) is 0 Å². The van der Waals surface area contributed by atoms with Gasteiger partial charge < -0.3 is 52.4 Å². The lowest BCUT2D eigenvalue weighted by atomic mass is 9.90. The van der Waals surface area contributed by atoms with Gasteiger partial charge in [-0.2, -0.15) is 0 Å². The first-order valence-corrected chi connectivity index (χ1v) is 26.6. The molecule has 0 aliphatic carbocycles. The van der Waals surface area contributed by atoms with Crippen molar-refractivity contribution in [1.29, 1.82) is 0 Å². The number of urea groups is 1. The number of carbonyl (C=O) groups is 8. The average molecular weight is 1040 g/mol. The van der Waals surface area contributed by atoms with Crippen LogP contribution in [0, 0.1) is 29.6 Å². The summed E-state index contributed by atoms with van der Waals surface area (Å²) >= 11 is 1.15. The van der Waals surface area contributed by atoms with Gasteiger partial charge in [-0.1, -0.05) is 73.9 Å². The number of carbonyl (C=O) groups excluding carboxylic acids is 8. The van der Waals surface area contributed by atoms with Gasteiger partial charge in [-0.05, 0) is 100 Å². The Bertz CT molecular complexity index is 2150. The van der Waals surface area contributed by atoms with Crippen LogP contribution in [-0.4, -0.2) is 132 Å². The highest BCUT2D eigenvalue weighted by Gasteiger charge is 2.39. The van der Waals surface area contributed by atoms with Gasteiger partial charge in [0.1, 0.15) is 22.8 Å². The first-order chi connectivity index (χ1) is 34.4. The number of anilines is 1. The number of hydrogen-bond donors (Lipinski definition) is 7. The summed E-state index contributed by atoms with van der Waals surface area (Å²) in [6, 6.07) is 2.25. The summed E-state index contributed by atoms with van der Waals surface area (Å²) in [6.07, 6.45) is 2.67. The fraction of sp³-hybridized carbons (Fsp3) is 0.673. The van der Waals surface area contributed by atoms with Crippen LogP contribution in [0.3, 0.4) is 0 Å². The number of aromatic nitrogens is 1. The van der Waals surface area contributed by atoms with Crippen LogP contribution in [0.4, 0.5) is 10.5 Å². The standard InChI is InChI=1S/C52H84N10O10S/c1-13-32(8)44(60-47(66)41-24-31(7)21-23-61(41)11)50(68)62(14-2)40(29(3)4)27-42(72-34(10)63)49-59-39(28-73-49)46(65)57-37(25-33(9)51(69)71-12)26-35-17-19-36(20-18-35)56-45(64)38(16-15-22-55-52(54)70)58-48(67)43(53)30(5)6/h17-20,28-33,37-38,40-44H,13-16,21-27,53H2,1-12H3,(H,56,64)(H,57,65)(H,58,67)(H,60,66)(H3,54,55,70)/t31-,32+,33+,37-,38+,40-,41-,42-,43+,44+/m1/s1. The maximum Gasteiger partial charge on any atom is 0.312 e. The molecule has 20 nitrogen and oxygen atoms in total. The Kier molecular flexibility index (Phi) is 25.2. The van der Waals surface area contributed by atoms with Crippen LogP contribution in [0.15, 0.2) is 29.6 Å². The molecular weight excluding hydrogens is 957 g/mol. The van der Waals surface area contributed by atoms with Crippen LogP contribution in [0.2, 0.25) is 0 Å². The highest BCUT2D eigenvalue weighted by Crippen LogP contribution is 2.32. The fourth-order valence-electron chi connectivity index (χ4n) is 8.92. The van der Waals surface area contributed by atoms with Crippen LogP contribution in [0.1, 0.15) is 141 Å². The first-order valence-electron chi connectivity index (χ1n) is 25.7. The van der Waals surface area contributed by atoms with E-state index < -0.39 is 77.9 Å². The molecule has 2 heterocycles. The normalized spacial score (nSPS) is 18.2. The highest BCUT2D eigenvalue weighted by molar-refractivity contribution is 7.09. The van der Waals surface area contributed by atoms with E-state index in [4.69, 9.17) is 20.9 Å². The predicted octanol–water partition coefficient (Wildman–Crippen LogP) is 4.67. The van der Waals surface area contributed by atoms with Crippen LogP contribution in [0.25, 0.3) is 0 Å². The van der Waals surface area contributed by atoms with Crippen molar-refractivity contribution in [3.8, 4) is 0 Å². The van der Waals surface area contributed by atoms with Crippen molar-refractivity contribution in [2.45, 2.75) is 163 Å². The molecule has 7 amide bonds. The van der Waals surface area contributed by atoms with Crippen LogP contribution < -0.4 is 38.1 Å². The Morgan fingerprint density at radius 3 is 2.18 bits per heavy atom. The summed E-state index contributed by atoms with van der Waals surface area (Å²) in [7, 11) is 3.23. The van der Waals surface area contributed by atoms with E-state index in [0.29, 0.717) is 42.4 Å². The number of methoxy groups -OCH3 is 1. The Morgan fingerprint density at radius 2 is 1.60 bits per heavy atom. The number of primary amides is 1. The van der Waals surface area contributed by atoms with Crippen molar-refractivity contribution >= 4 is 64.5 Å². The number of nitrogens with two attached hydrogens (primary N) is 2. The van der Waals surface area contributed by atoms with Gasteiger partial charge in [0.15, 0.2) is 6.10 Å². The predicted molar refractivity (Wildman–Crippen MR) is 281 cm³/mol. The van der Waals surface area contributed by atoms with Gasteiger partial charge in [0.05, 0.1) is 25.1 Å². The van der Waals surface area contributed by atoms with E-state index in [0.717, 1.165) is 29.9 Å². The highest BCUT2D eigenvalue weighted by atomic mass is 32.1. The molecule has 9 N–H and O–H groups in total. The lowest BCUT2D eigenvalue weighted by Gasteiger charge is -2.40. The summed E-state index contributed by atoms with van der Waals surface area (Å²) in [4.78, 5) is 114. The van der Waals surface area contributed by atoms with Crippen molar-refractivity contribution in [2.24, 2.45) is 41.1 Å². The molecule has 1 saturated heterocycles. The topological polar surface area (TPSA) is 287 Å². The molecule has 0 unspecified atom stereocenters. The molecule has 1 aromatic heterocycles. The van der Waals surface area contributed by atoms with Crippen LogP contribution >= 0.6 is 11.3 Å². The smallest absolute Gasteiger partial charge is 0.312 e. The Labute approximate surface area is 436 Å². The second-order valence-electron chi connectivity index (χ2n) is 20.3. The van der Waals surface area contributed by atoms with Crippen molar-refractivity contribution in [2.75, 3.05) is 39.1 Å².